The molecule has 0 bridgehead atoms. The molecule has 0 aromatic heterocycles. The lowest BCUT2D eigenvalue weighted by atomic mass is 9.56. The molecular weight excluding hydrogens is 252 g/mol. The average Bonchev–Trinajstić information content (AvgIpc) is 2.54. The Balaban J connectivity index is 1.42. The van der Waals surface area contributed by atoms with E-state index in [1.807, 2.05) is 0 Å². The van der Waals surface area contributed by atoms with E-state index in [1.165, 1.54) is 32.1 Å². The highest BCUT2D eigenvalue weighted by molar-refractivity contribution is 4.92. The first kappa shape index (κ1) is 15.9. The molecule has 0 aromatic rings. The fourth-order valence-corrected chi connectivity index (χ4v) is 6.17. The lowest BCUT2D eigenvalue weighted by Crippen LogP contribution is -2.40. The Morgan fingerprint density at radius 1 is 0.667 bits per heavy atom. The van der Waals surface area contributed by atoms with E-state index in [4.69, 9.17) is 0 Å². The van der Waals surface area contributed by atoms with Crippen LogP contribution in [0.3, 0.4) is 0 Å². The third-order valence-electron chi connectivity index (χ3n) is 7.29. The molecule has 0 saturated heterocycles. The minimum atomic E-state index is 1.10. The maximum atomic E-state index is 2.32. The Bertz CT molecular complexity index is 294. The highest BCUT2D eigenvalue weighted by Crippen LogP contribution is 2.52. The molecule has 3 fully saturated rings. The van der Waals surface area contributed by atoms with Crippen LogP contribution in [0.1, 0.15) is 103 Å². The minimum absolute atomic E-state index is 1.10. The van der Waals surface area contributed by atoms with E-state index in [9.17, 15) is 0 Å². The van der Waals surface area contributed by atoms with E-state index in [0.29, 0.717) is 0 Å². The topological polar surface area (TPSA) is 0 Å². The second-order valence-corrected chi connectivity index (χ2v) is 8.59. The van der Waals surface area contributed by atoms with Crippen molar-refractivity contribution in [2.75, 3.05) is 0 Å². The summed E-state index contributed by atoms with van der Waals surface area (Å²) in [4.78, 5) is 0. The molecule has 5 atom stereocenters. The van der Waals surface area contributed by atoms with Crippen LogP contribution in [0.5, 0.6) is 0 Å². The zero-order chi connectivity index (χ0) is 14.5. The highest BCUT2D eigenvalue weighted by atomic mass is 14.5. The van der Waals surface area contributed by atoms with Gasteiger partial charge >= 0.3 is 0 Å². The number of hydrogen-bond acceptors (Lipinski definition) is 0. The van der Waals surface area contributed by atoms with Gasteiger partial charge in [0.05, 0.1) is 0 Å². The van der Waals surface area contributed by atoms with Crippen molar-refractivity contribution < 1.29 is 0 Å². The number of unbranched alkanes of at least 4 members (excludes halogenated alkanes) is 4. The third kappa shape index (κ3) is 4.05. The molecule has 3 aliphatic rings. The summed E-state index contributed by atoms with van der Waals surface area (Å²) < 4.78 is 0. The molecule has 122 valence electrons. The molecule has 0 spiro atoms. The average molecular weight is 291 g/mol. The van der Waals surface area contributed by atoms with Gasteiger partial charge < -0.3 is 0 Å². The van der Waals surface area contributed by atoms with E-state index in [1.54, 1.807) is 64.2 Å². The lowest BCUT2D eigenvalue weighted by molar-refractivity contribution is 0.0101. The van der Waals surface area contributed by atoms with Gasteiger partial charge in [0, 0.05) is 0 Å². The van der Waals surface area contributed by atoms with Crippen LogP contribution in [0.4, 0.5) is 0 Å². The second-order valence-electron chi connectivity index (χ2n) is 8.59. The van der Waals surface area contributed by atoms with Crippen LogP contribution in [0, 0.1) is 29.6 Å². The molecule has 4 unspecified atom stereocenters. The fourth-order valence-electron chi connectivity index (χ4n) is 6.17. The molecule has 0 heteroatoms. The maximum absolute atomic E-state index is 2.32. The van der Waals surface area contributed by atoms with Crippen molar-refractivity contribution in [3.63, 3.8) is 0 Å². The van der Waals surface area contributed by atoms with Crippen molar-refractivity contribution in [2.45, 2.75) is 103 Å². The Morgan fingerprint density at radius 3 is 2.33 bits per heavy atom. The van der Waals surface area contributed by atoms with Crippen molar-refractivity contribution in [2.24, 2.45) is 29.6 Å². The molecule has 3 saturated carbocycles. The molecule has 3 rings (SSSR count). The summed E-state index contributed by atoms with van der Waals surface area (Å²) in [5.74, 6) is 5.70. The molecule has 0 amide bonds. The Morgan fingerprint density at radius 2 is 1.43 bits per heavy atom. The maximum Gasteiger partial charge on any atom is -0.0355 e. The van der Waals surface area contributed by atoms with Crippen molar-refractivity contribution >= 4 is 0 Å². The van der Waals surface area contributed by atoms with Gasteiger partial charge in [0.15, 0.2) is 0 Å². The lowest BCUT2D eigenvalue weighted by Gasteiger charge is -2.49. The van der Waals surface area contributed by atoms with Crippen molar-refractivity contribution in [1.82, 2.24) is 0 Å². The Hall–Kier alpha value is 0. The summed E-state index contributed by atoms with van der Waals surface area (Å²) in [6.07, 6.45) is 23.1. The standard InChI is InChI=1S/C21H38/c1-2-3-4-5-6-9-17-12-15-21-19(16-17)14-13-18-10-7-8-11-20(18)21/h17-21H,2-16H2,1H3/t17-,18?,19?,20?,21?/m0/s1. The van der Waals surface area contributed by atoms with Gasteiger partial charge in [0.1, 0.15) is 0 Å². The Labute approximate surface area is 133 Å². The van der Waals surface area contributed by atoms with Crippen molar-refractivity contribution in [3.8, 4) is 0 Å². The summed E-state index contributed by atoms with van der Waals surface area (Å²) in [5.41, 5.74) is 0. The summed E-state index contributed by atoms with van der Waals surface area (Å²) in [5, 5.41) is 0. The van der Waals surface area contributed by atoms with Gasteiger partial charge in [0.25, 0.3) is 0 Å². The molecule has 0 heterocycles. The number of fused-ring (bicyclic) bond motifs is 3. The second kappa shape index (κ2) is 8.02. The first-order valence-corrected chi connectivity index (χ1v) is 10.4. The van der Waals surface area contributed by atoms with Crippen molar-refractivity contribution in [1.29, 1.82) is 0 Å². The van der Waals surface area contributed by atoms with Crippen LogP contribution in [0.25, 0.3) is 0 Å². The molecule has 21 heavy (non-hydrogen) atoms. The fraction of sp³-hybridized carbons (Fsp3) is 1.00. The van der Waals surface area contributed by atoms with E-state index in [-0.39, 0.29) is 0 Å². The van der Waals surface area contributed by atoms with Gasteiger partial charge in [0.2, 0.25) is 0 Å². The monoisotopic (exact) mass is 290 g/mol. The highest BCUT2D eigenvalue weighted by Gasteiger charge is 2.42. The first-order valence-electron chi connectivity index (χ1n) is 10.4. The van der Waals surface area contributed by atoms with Gasteiger partial charge in [-0.25, -0.2) is 0 Å². The van der Waals surface area contributed by atoms with Crippen molar-refractivity contribution in [3.05, 3.63) is 0 Å². The quantitative estimate of drug-likeness (QED) is 0.463. The molecule has 0 nitrogen and oxygen atoms in total. The van der Waals surface area contributed by atoms with Gasteiger partial charge in [-0.15, -0.1) is 0 Å². The summed E-state index contributed by atoms with van der Waals surface area (Å²) in [6.45, 7) is 2.32. The molecule has 0 aromatic carbocycles. The largest absolute Gasteiger partial charge is 0.0654 e. The van der Waals surface area contributed by atoms with Gasteiger partial charge in [-0.3, -0.25) is 0 Å². The SMILES string of the molecule is CCCCCCC[C@H]1CCC2C(CCC3CCCCC32)C1. The van der Waals surface area contributed by atoms with Crippen LogP contribution in [0.15, 0.2) is 0 Å². The van der Waals surface area contributed by atoms with E-state index >= 15 is 0 Å². The molecule has 0 N–H and O–H groups in total. The van der Waals surface area contributed by atoms with Gasteiger partial charge in [-0.05, 0) is 61.7 Å². The van der Waals surface area contributed by atoms with Crippen LogP contribution in [0.2, 0.25) is 0 Å². The number of rotatable bonds is 6. The number of hydrogen-bond donors (Lipinski definition) is 0. The van der Waals surface area contributed by atoms with Crippen LogP contribution < -0.4 is 0 Å². The normalized spacial score (nSPS) is 39.6. The van der Waals surface area contributed by atoms with Crippen LogP contribution in [-0.2, 0) is 0 Å². The summed E-state index contributed by atoms with van der Waals surface area (Å²) >= 11 is 0. The summed E-state index contributed by atoms with van der Waals surface area (Å²) in [7, 11) is 0. The predicted molar refractivity (Wildman–Crippen MR) is 92.4 cm³/mol. The summed E-state index contributed by atoms with van der Waals surface area (Å²) in [6, 6.07) is 0. The van der Waals surface area contributed by atoms with E-state index < -0.39 is 0 Å². The van der Waals surface area contributed by atoms with Crippen LogP contribution >= 0.6 is 0 Å². The van der Waals surface area contributed by atoms with Crippen LogP contribution in [-0.4, -0.2) is 0 Å². The Kier molecular flexibility index (Phi) is 6.07. The van der Waals surface area contributed by atoms with Gasteiger partial charge in [-0.1, -0.05) is 71.1 Å². The van der Waals surface area contributed by atoms with Gasteiger partial charge in [-0.2, -0.15) is 0 Å². The smallest absolute Gasteiger partial charge is 0.0355 e. The zero-order valence-electron chi connectivity index (χ0n) is 14.5. The molecule has 3 aliphatic carbocycles. The third-order valence-corrected chi connectivity index (χ3v) is 7.29. The predicted octanol–water partition coefficient (Wildman–Crippen LogP) is 6.98. The van der Waals surface area contributed by atoms with E-state index in [2.05, 4.69) is 6.92 Å². The minimum Gasteiger partial charge on any atom is -0.0654 e. The molecular formula is C21H38. The van der Waals surface area contributed by atoms with E-state index in [0.717, 1.165) is 29.6 Å². The molecule has 0 aliphatic heterocycles. The molecule has 0 radical (unpaired) electrons. The zero-order valence-corrected chi connectivity index (χ0v) is 14.5. The first-order chi connectivity index (χ1) is 10.4.